The van der Waals surface area contributed by atoms with Crippen LogP contribution in [0, 0.1) is 11.8 Å². The Labute approximate surface area is 73.9 Å². The maximum absolute atomic E-state index is 11.2. The molecule has 1 saturated heterocycles. The van der Waals surface area contributed by atoms with Gasteiger partial charge >= 0.3 is 0 Å². The quantitative estimate of drug-likeness (QED) is 0.642. The molecular weight excluding hydrogens is 152 g/mol. The van der Waals surface area contributed by atoms with E-state index in [0.717, 1.165) is 19.6 Å². The highest BCUT2D eigenvalue weighted by Gasteiger charge is 2.15. The Bertz CT molecular complexity index is 151. The molecule has 0 aromatic carbocycles. The van der Waals surface area contributed by atoms with Gasteiger partial charge in [-0.1, -0.05) is 13.8 Å². The van der Waals surface area contributed by atoms with E-state index < -0.39 is 0 Å². The maximum Gasteiger partial charge on any atom is 0.222 e. The minimum absolute atomic E-state index is 0.111. The number of hydrogen-bond acceptors (Lipinski definition) is 2. The van der Waals surface area contributed by atoms with E-state index in [-0.39, 0.29) is 11.8 Å². The van der Waals surface area contributed by atoms with Crippen LogP contribution in [0.3, 0.4) is 0 Å². The van der Waals surface area contributed by atoms with Gasteiger partial charge in [-0.2, -0.15) is 0 Å². The first-order valence-electron chi connectivity index (χ1n) is 4.68. The number of amides is 1. The Balaban J connectivity index is 2.12. The molecule has 3 nitrogen and oxygen atoms in total. The van der Waals surface area contributed by atoms with Crippen LogP contribution in [0.4, 0.5) is 0 Å². The molecule has 0 aliphatic carbocycles. The highest BCUT2D eigenvalue weighted by molar-refractivity contribution is 5.77. The maximum atomic E-state index is 11.2. The first kappa shape index (κ1) is 9.52. The first-order valence-corrected chi connectivity index (χ1v) is 4.68. The van der Waals surface area contributed by atoms with Crippen molar-refractivity contribution in [1.82, 2.24) is 10.6 Å². The molecular formula is C9H18N2O. The van der Waals surface area contributed by atoms with E-state index in [1.54, 1.807) is 0 Å². The van der Waals surface area contributed by atoms with Crippen LogP contribution in [0.5, 0.6) is 0 Å². The molecule has 1 fully saturated rings. The van der Waals surface area contributed by atoms with E-state index in [1.165, 1.54) is 6.42 Å². The summed E-state index contributed by atoms with van der Waals surface area (Å²) >= 11 is 0. The minimum atomic E-state index is 0.111. The lowest BCUT2D eigenvalue weighted by Crippen LogP contribution is -2.33. The van der Waals surface area contributed by atoms with Gasteiger partial charge in [0.1, 0.15) is 0 Å². The monoisotopic (exact) mass is 170 g/mol. The molecule has 12 heavy (non-hydrogen) atoms. The van der Waals surface area contributed by atoms with Gasteiger partial charge in [-0.3, -0.25) is 4.79 Å². The zero-order chi connectivity index (χ0) is 8.97. The molecule has 0 spiro atoms. The predicted octanol–water partition coefficient (Wildman–Crippen LogP) is 0.368. The van der Waals surface area contributed by atoms with Crippen molar-refractivity contribution in [3.63, 3.8) is 0 Å². The number of rotatable bonds is 3. The van der Waals surface area contributed by atoms with E-state index in [4.69, 9.17) is 0 Å². The smallest absolute Gasteiger partial charge is 0.222 e. The van der Waals surface area contributed by atoms with Crippen molar-refractivity contribution in [3.05, 3.63) is 0 Å². The van der Waals surface area contributed by atoms with Gasteiger partial charge in [-0.15, -0.1) is 0 Å². The van der Waals surface area contributed by atoms with E-state index >= 15 is 0 Å². The summed E-state index contributed by atoms with van der Waals surface area (Å²) in [5.74, 6) is 0.925. The molecule has 0 aromatic rings. The summed E-state index contributed by atoms with van der Waals surface area (Å²) in [5.41, 5.74) is 0. The van der Waals surface area contributed by atoms with E-state index in [0.29, 0.717) is 5.92 Å². The molecule has 1 atom stereocenters. The van der Waals surface area contributed by atoms with Crippen molar-refractivity contribution in [2.24, 2.45) is 11.8 Å². The molecule has 1 aliphatic heterocycles. The molecule has 0 unspecified atom stereocenters. The van der Waals surface area contributed by atoms with E-state index in [9.17, 15) is 4.79 Å². The molecule has 70 valence electrons. The van der Waals surface area contributed by atoms with Gasteiger partial charge in [0.2, 0.25) is 5.91 Å². The van der Waals surface area contributed by atoms with Gasteiger partial charge in [0.25, 0.3) is 0 Å². The van der Waals surface area contributed by atoms with E-state index in [1.807, 2.05) is 13.8 Å². The van der Waals surface area contributed by atoms with Gasteiger partial charge in [-0.25, -0.2) is 0 Å². The van der Waals surface area contributed by atoms with Gasteiger partial charge in [0.05, 0.1) is 0 Å². The minimum Gasteiger partial charge on any atom is -0.356 e. The van der Waals surface area contributed by atoms with Crippen molar-refractivity contribution < 1.29 is 4.79 Å². The van der Waals surface area contributed by atoms with Crippen molar-refractivity contribution in [1.29, 1.82) is 0 Å². The average molecular weight is 170 g/mol. The highest BCUT2D eigenvalue weighted by atomic mass is 16.1. The molecule has 2 N–H and O–H groups in total. The van der Waals surface area contributed by atoms with Crippen molar-refractivity contribution in [2.45, 2.75) is 20.3 Å². The molecule has 0 radical (unpaired) electrons. The topological polar surface area (TPSA) is 41.1 Å². The fraction of sp³-hybridized carbons (Fsp3) is 0.889. The Kier molecular flexibility index (Phi) is 3.53. The summed E-state index contributed by atoms with van der Waals surface area (Å²) in [7, 11) is 0. The average Bonchev–Trinajstić information content (AvgIpc) is 2.51. The first-order chi connectivity index (χ1) is 5.70. The molecule has 0 saturated carbocycles. The predicted molar refractivity (Wildman–Crippen MR) is 48.8 cm³/mol. The fourth-order valence-electron chi connectivity index (χ4n) is 1.34. The van der Waals surface area contributed by atoms with E-state index in [2.05, 4.69) is 10.6 Å². The third-order valence-electron chi connectivity index (χ3n) is 2.25. The third-order valence-corrected chi connectivity index (χ3v) is 2.25. The molecule has 1 amide bonds. The second kappa shape index (κ2) is 4.45. The summed E-state index contributed by atoms with van der Waals surface area (Å²) in [6.07, 6.45) is 1.19. The zero-order valence-corrected chi connectivity index (χ0v) is 7.89. The van der Waals surface area contributed by atoms with Crippen molar-refractivity contribution in [2.75, 3.05) is 19.6 Å². The standard InChI is InChI=1S/C9H18N2O/c1-7(2)9(12)11-6-8-3-4-10-5-8/h7-8,10H,3-6H2,1-2H3,(H,11,12)/t8-/m1/s1. The lowest BCUT2D eigenvalue weighted by atomic mass is 10.1. The number of carbonyl (C=O) groups excluding carboxylic acids is 1. The molecule has 3 heteroatoms. The highest BCUT2D eigenvalue weighted by Crippen LogP contribution is 2.05. The molecule has 1 heterocycles. The Morgan fingerprint density at radius 1 is 1.67 bits per heavy atom. The summed E-state index contributed by atoms with van der Waals surface area (Å²) in [4.78, 5) is 11.2. The molecule has 0 bridgehead atoms. The van der Waals surface area contributed by atoms with Crippen LogP contribution in [0.15, 0.2) is 0 Å². The van der Waals surface area contributed by atoms with Crippen molar-refractivity contribution in [3.8, 4) is 0 Å². The summed E-state index contributed by atoms with van der Waals surface area (Å²) in [6.45, 7) is 6.83. The van der Waals surface area contributed by atoms with Crippen LogP contribution >= 0.6 is 0 Å². The Morgan fingerprint density at radius 2 is 2.42 bits per heavy atom. The second-order valence-electron chi connectivity index (χ2n) is 3.76. The van der Waals surface area contributed by atoms with Crippen molar-refractivity contribution >= 4 is 5.91 Å². The van der Waals surface area contributed by atoms with Gasteiger partial charge < -0.3 is 10.6 Å². The summed E-state index contributed by atoms with van der Waals surface area (Å²) in [6, 6.07) is 0. The normalized spacial score (nSPS) is 23.1. The molecule has 1 aliphatic rings. The largest absolute Gasteiger partial charge is 0.356 e. The van der Waals surface area contributed by atoms with Gasteiger partial charge in [-0.05, 0) is 25.4 Å². The van der Waals surface area contributed by atoms with Crippen LogP contribution in [-0.4, -0.2) is 25.5 Å². The lowest BCUT2D eigenvalue weighted by molar-refractivity contribution is -0.124. The van der Waals surface area contributed by atoms with Gasteiger partial charge in [0.15, 0.2) is 0 Å². The lowest BCUT2D eigenvalue weighted by Gasteiger charge is -2.11. The summed E-state index contributed by atoms with van der Waals surface area (Å²) in [5, 5.41) is 6.22. The van der Waals surface area contributed by atoms with Crippen LogP contribution in [0.1, 0.15) is 20.3 Å². The molecule has 0 aromatic heterocycles. The summed E-state index contributed by atoms with van der Waals surface area (Å²) < 4.78 is 0. The number of hydrogen-bond donors (Lipinski definition) is 2. The van der Waals surface area contributed by atoms with Crippen LogP contribution in [0.2, 0.25) is 0 Å². The van der Waals surface area contributed by atoms with Crippen LogP contribution < -0.4 is 10.6 Å². The Morgan fingerprint density at radius 3 is 2.92 bits per heavy atom. The zero-order valence-electron chi connectivity index (χ0n) is 7.89. The SMILES string of the molecule is CC(C)C(=O)NC[C@@H]1CCNC1. The van der Waals surface area contributed by atoms with Crippen LogP contribution in [0.25, 0.3) is 0 Å². The van der Waals surface area contributed by atoms with Gasteiger partial charge in [0, 0.05) is 12.5 Å². The van der Waals surface area contributed by atoms with Crippen LogP contribution in [-0.2, 0) is 4.79 Å². The third kappa shape index (κ3) is 2.81. The Hall–Kier alpha value is -0.570. The molecule has 1 rings (SSSR count). The number of nitrogens with one attached hydrogen (secondary N) is 2. The second-order valence-corrected chi connectivity index (χ2v) is 3.76. The number of carbonyl (C=O) groups is 1. The fourth-order valence-corrected chi connectivity index (χ4v) is 1.34.